The van der Waals surface area contributed by atoms with Gasteiger partial charge in [-0.05, 0) is 39.5 Å². The van der Waals surface area contributed by atoms with Gasteiger partial charge in [-0.3, -0.25) is 4.68 Å². The van der Waals surface area contributed by atoms with E-state index >= 15 is 0 Å². The fraction of sp³-hybridized carbons (Fsp3) is 0.800. The Morgan fingerprint density at radius 3 is 2.46 bits per heavy atom. The van der Waals surface area contributed by atoms with E-state index in [1.807, 2.05) is 20.8 Å². The number of carbonyl (C=O) groups excluding carboxylic acids is 1. The van der Waals surface area contributed by atoms with Crippen LogP contribution in [0.25, 0.3) is 0 Å². The van der Waals surface area contributed by atoms with Crippen LogP contribution in [0.2, 0.25) is 0 Å². The van der Waals surface area contributed by atoms with Crippen molar-refractivity contribution in [3.63, 3.8) is 0 Å². The molecule has 2 heterocycles. The number of carbonyl (C=O) groups is 1. The number of alkyl halides is 3. The Labute approximate surface area is 137 Å². The highest BCUT2D eigenvalue weighted by Crippen LogP contribution is 2.52. The van der Waals surface area contributed by atoms with Gasteiger partial charge in [0.15, 0.2) is 5.69 Å². The quantitative estimate of drug-likeness (QED) is 0.826. The van der Waals surface area contributed by atoms with Crippen LogP contribution in [0.4, 0.5) is 18.0 Å². The summed E-state index contributed by atoms with van der Waals surface area (Å²) in [6.07, 6.45) is -2.05. The molecule has 6 nitrogen and oxygen atoms in total. The maximum Gasteiger partial charge on any atom is 0.436 e. The van der Waals surface area contributed by atoms with Crippen LogP contribution >= 0.6 is 0 Å². The van der Waals surface area contributed by atoms with Crippen molar-refractivity contribution in [3.05, 3.63) is 11.9 Å². The minimum absolute atomic E-state index is 0.106. The summed E-state index contributed by atoms with van der Waals surface area (Å²) in [4.78, 5) is 13.6. The van der Waals surface area contributed by atoms with E-state index in [0.29, 0.717) is 19.6 Å². The van der Waals surface area contributed by atoms with Gasteiger partial charge in [-0.1, -0.05) is 5.21 Å². The molecule has 2 fully saturated rings. The van der Waals surface area contributed by atoms with Crippen molar-refractivity contribution >= 4 is 6.09 Å². The fourth-order valence-corrected chi connectivity index (χ4v) is 3.55. The molecule has 1 saturated heterocycles. The van der Waals surface area contributed by atoms with E-state index in [1.165, 1.54) is 4.68 Å². The average Bonchev–Trinajstić information content (AvgIpc) is 2.75. The van der Waals surface area contributed by atoms with Crippen LogP contribution in [0.15, 0.2) is 6.20 Å². The molecular weight excluding hydrogens is 325 g/mol. The zero-order valence-corrected chi connectivity index (χ0v) is 13.9. The molecule has 0 bridgehead atoms. The van der Waals surface area contributed by atoms with E-state index in [4.69, 9.17) is 4.74 Å². The summed E-state index contributed by atoms with van der Waals surface area (Å²) in [5, 5.41) is 6.70. The molecule has 9 heteroatoms. The van der Waals surface area contributed by atoms with E-state index in [9.17, 15) is 18.0 Å². The number of hydrogen-bond donors (Lipinski definition) is 0. The van der Waals surface area contributed by atoms with Crippen LogP contribution in [-0.4, -0.2) is 44.7 Å². The van der Waals surface area contributed by atoms with Gasteiger partial charge in [0.05, 0.1) is 6.20 Å². The van der Waals surface area contributed by atoms with E-state index in [2.05, 4.69) is 10.3 Å². The first-order valence-electron chi connectivity index (χ1n) is 7.91. The molecule has 1 aliphatic carbocycles. The second kappa shape index (κ2) is 5.35. The summed E-state index contributed by atoms with van der Waals surface area (Å²) < 4.78 is 44.1. The van der Waals surface area contributed by atoms with Crippen molar-refractivity contribution in [3.8, 4) is 0 Å². The van der Waals surface area contributed by atoms with Crippen molar-refractivity contribution in [1.29, 1.82) is 0 Å². The van der Waals surface area contributed by atoms with Crippen molar-refractivity contribution in [1.82, 2.24) is 19.9 Å². The predicted octanol–water partition coefficient (Wildman–Crippen LogP) is 2.94. The fourth-order valence-electron chi connectivity index (χ4n) is 3.55. The predicted molar refractivity (Wildman–Crippen MR) is 78.0 cm³/mol. The lowest BCUT2D eigenvalue weighted by molar-refractivity contribution is -0.141. The van der Waals surface area contributed by atoms with Crippen LogP contribution in [0.3, 0.4) is 0 Å². The molecule has 3 rings (SSSR count). The number of halogens is 3. The van der Waals surface area contributed by atoms with E-state index in [1.54, 1.807) is 4.90 Å². The van der Waals surface area contributed by atoms with Crippen molar-refractivity contribution < 1.29 is 22.7 Å². The first kappa shape index (κ1) is 17.0. The van der Waals surface area contributed by atoms with Crippen LogP contribution in [0.1, 0.15) is 39.3 Å². The second-order valence-electron chi connectivity index (χ2n) is 7.93. The maximum atomic E-state index is 12.5. The van der Waals surface area contributed by atoms with Crippen molar-refractivity contribution in [2.24, 2.45) is 11.3 Å². The lowest BCUT2D eigenvalue weighted by Gasteiger charge is -2.58. The molecule has 1 aromatic heterocycles. The highest BCUT2D eigenvalue weighted by molar-refractivity contribution is 5.69. The maximum absolute atomic E-state index is 12.5. The zero-order chi connectivity index (χ0) is 17.8. The van der Waals surface area contributed by atoms with Crippen LogP contribution in [0, 0.1) is 11.3 Å². The smallest absolute Gasteiger partial charge is 0.436 e. The van der Waals surface area contributed by atoms with Gasteiger partial charge in [0, 0.05) is 25.0 Å². The number of likely N-dealkylation sites (tertiary alicyclic amines) is 1. The van der Waals surface area contributed by atoms with E-state index in [-0.39, 0.29) is 17.4 Å². The molecule has 1 spiro atoms. The minimum atomic E-state index is -4.46. The topological polar surface area (TPSA) is 60.2 Å². The van der Waals surface area contributed by atoms with Crippen LogP contribution in [0.5, 0.6) is 0 Å². The van der Waals surface area contributed by atoms with Crippen LogP contribution < -0.4 is 0 Å². The third-order valence-electron chi connectivity index (χ3n) is 4.42. The number of nitrogens with zero attached hydrogens (tertiary/aromatic N) is 4. The molecule has 0 N–H and O–H groups in total. The molecule has 0 aromatic carbocycles. The summed E-state index contributed by atoms with van der Waals surface area (Å²) in [5.74, 6) is 0.272. The summed E-state index contributed by atoms with van der Waals surface area (Å²) in [6, 6.07) is 0. The molecule has 134 valence electrons. The lowest BCUT2D eigenvalue weighted by atomic mass is 9.58. The highest BCUT2D eigenvalue weighted by atomic mass is 19.4. The molecule has 0 radical (unpaired) electrons. The Balaban J connectivity index is 1.44. The summed E-state index contributed by atoms with van der Waals surface area (Å²) >= 11 is 0. The van der Waals surface area contributed by atoms with E-state index < -0.39 is 17.5 Å². The number of aromatic nitrogens is 3. The molecule has 0 unspecified atom stereocenters. The highest BCUT2D eigenvalue weighted by Gasteiger charge is 2.54. The standard InChI is InChI=1S/C15H21F3N4O2/c1-13(2,3)24-12(23)21-8-14(9-21)4-10(5-14)6-22-7-11(19-20-22)15(16,17)18/h7,10H,4-6,8-9H2,1-3H3. The first-order valence-corrected chi connectivity index (χ1v) is 7.91. The van der Waals surface area contributed by atoms with Crippen molar-refractivity contribution in [2.45, 2.75) is 51.9 Å². The second-order valence-corrected chi connectivity index (χ2v) is 7.93. The Morgan fingerprint density at radius 1 is 1.33 bits per heavy atom. The molecule has 0 atom stereocenters. The molecule has 1 saturated carbocycles. The number of amides is 1. The SMILES string of the molecule is CC(C)(C)OC(=O)N1CC2(CC(Cn3cc(C(F)(F)F)nn3)C2)C1. The number of rotatable bonds is 2. The van der Waals surface area contributed by atoms with Gasteiger partial charge in [-0.2, -0.15) is 13.2 Å². The summed E-state index contributed by atoms with van der Waals surface area (Å²) in [7, 11) is 0. The molecular formula is C15H21F3N4O2. The molecule has 2 aliphatic rings. The Bertz CT molecular complexity index is 621. The average molecular weight is 346 g/mol. The van der Waals surface area contributed by atoms with E-state index in [0.717, 1.165) is 19.0 Å². The number of ether oxygens (including phenoxy) is 1. The van der Waals surface area contributed by atoms with Gasteiger partial charge < -0.3 is 9.64 Å². The molecule has 24 heavy (non-hydrogen) atoms. The largest absolute Gasteiger partial charge is 0.444 e. The van der Waals surface area contributed by atoms with Crippen molar-refractivity contribution in [2.75, 3.05) is 13.1 Å². The monoisotopic (exact) mass is 346 g/mol. The third-order valence-corrected chi connectivity index (χ3v) is 4.42. The lowest BCUT2D eigenvalue weighted by Crippen LogP contribution is -2.64. The first-order chi connectivity index (χ1) is 11.0. The summed E-state index contributed by atoms with van der Waals surface area (Å²) in [5.41, 5.74) is -1.36. The molecule has 1 amide bonds. The normalized spacial score (nSPS) is 20.7. The zero-order valence-electron chi connectivity index (χ0n) is 13.9. The van der Waals surface area contributed by atoms with Gasteiger partial charge in [-0.25, -0.2) is 4.79 Å². The number of hydrogen-bond acceptors (Lipinski definition) is 4. The third kappa shape index (κ3) is 3.49. The van der Waals surface area contributed by atoms with Gasteiger partial charge in [0.25, 0.3) is 0 Å². The molecule has 1 aliphatic heterocycles. The Kier molecular flexibility index (Phi) is 3.80. The van der Waals surface area contributed by atoms with Gasteiger partial charge >= 0.3 is 12.3 Å². The Hall–Kier alpha value is -1.80. The van der Waals surface area contributed by atoms with Gasteiger partial charge in [0.1, 0.15) is 5.60 Å². The minimum Gasteiger partial charge on any atom is -0.444 e. The van der Waals surface area contributed by atoms with Gasteiger partial charge in [-0.15, -0.1) is 5.10 Å². The molecule has 1 aromatic rings. The van der Waals surface area contributed by atoms with Crippen LogP contribution in [-0.2, 0) is 17.5 Å². The van der Waals surface area contributed by atoms with Gasteiger partial charge in [0.2, 0.25) is 0 Å². The summed E-state index contributed by atoms with van der Waals surface area (Å²) in [6.45, 7) is 7.22. The Morgan fingerprint density at radius 2 is 1.96 bits per heavy atom.